The normalized spacial score (nSPS) is 26.7. The molecule has 0 radical (unpaired) electrons. The van der Waals surface area contributed by atoms with Gasteiger partial charge in [0.15, 0.2) is 0 Å². The molecule has 15 heavy (non-hydrogen) atoms. The molecule has 1 unspecified atom stereocenters. The molecule has 2 aliphatic rings. The summed E-state index contributed by atoms with van der Waals surface area (Å²) in [6.45, 7) is 7.25. The molecule has 0 aromatic rings. The van der Waals surface area contributed by atoms with Crippen molar-refractivity contribution in [2.45, 2.75) is 20.0 Å². The Balaban J connectivity index is 2.07. The second-order valence-corrected chi connectivity index (χ2v) is 4.19. The molecule has 0 aromatic heterocycles. The Morgan fingerprint density at radius 2 is 1.67 bits per heavy atom. The highest BCUT2D eigenvalue weighted by Crippen LogP contribution is 2.19. The van der Waals surface area contributed by atoms with E-state index in [9.17, 15) is 9.59 Å². The smallest absolute Gasteiger partial charge is 0.220 e. The van der Waals surface area contributed by atoms with Gasteiger partial charge in [-0.3, -0.25) is 14.5 Å². The summed E-state index contributed by atoms with van der Waals surface area (Å²) in [7, 11) is 0. The largest absolute Gasteiger partial charge is 0.338 e. The number of amides is 2. The van der Waals surface area contributed by atoms with Crippen LogP contribution in [0, 0.1) is 0 Å². The van der Waals surface area contributed by atoms with Gasteiger partial charge in [0.05, 0.1) is 6.54 Å². The fraction of sp³-hybridized carbons (Fsp3) is 0.800. The zero-order valence-electron chi connectivity index (χ0n) is 9.27. The number of rotatable bonds is 0. The number of nitrogens with zero attached hydrogens (tertiary/aromatic N) is 3. The second kappa shape index (κ2) is 3.81. The third-order valence-corrected chi connectivity index (χ3v) is 3.30. The molecular weight excluding hydrogens is 194 g/mol. The molecule has 0 spiro atoms. The lowest BCUT2D eigenvalue weighted by Gasteiger charge is -2.39. The molecule has 0 aliphatic carbocycles. The van der Waals surface area contributed by atoms with Crippen LogP contribution in [-0.4, -0.2) is 65.4 Å². The fourth-order valence-electron chi connectivity index (χ4n) is 2.40. The quantitative estimate of drug-likeness (QED) is 0.534. The maximum Gasteiger partial charge on any atom is 0.220 e. The Bertz CT molecular complexity index is 292. The molecular formula is C10H17N3O2. The summed E-state index contributed by atoms with van der Waals surface area (Å²) in [5.41, 5.74) is 0. The van der Waals surface area contributed by atoms with Gasteiger partial charge in [-0.05, 0) is 0 Å². The average Bonchev–Trinajstić information content (AvgIpc) is 2.59. The Hall–Kier alpha value is -1.10. The van der Waals surface area contributed by atoms with Crippen molar-refractivity contribution in [2.75, 3.05) is 32.7 Å². The second-order valence-electron chi connectivity index (χ2n) is 4.19. The van der Waals surface area contributed by atoms with Crippen LogP contribution in [0.5, 0.6) is 0 Å². The first-order chi connectivity index (χ1) is 7.09. The lowest BCUT2D eigenvalue weighted by Crippen LogP contribution is -2.56. The SMILES string of the molecule is CC(=O)N1CCN2CCN(C(C)=O)C2C1. The maximum absolute atomic E-state index is 11.4. The summed E-state index contributed by atoms with van der Waals surface area (Å²) in [6, 6.07) is 0. The van der Waals surface area contributed by atoms with E-state index < -0.39 is 0 Å². The van der Waals surface area contributed by atoms with Crippen LogP contribution in [0.1, 0.15) is 13.8 Å². The van der Waals surface area contributed by atoms with E-state index in [-0.39, 0.29) is 18.0 Å². The van der Waals surface area contributed by atoms with Gasteiger partial charge in [-0.15, -0.1) is 0 Å². The third-order valence-electron chi connectivity index (χ3n) is 3.30. The molecule has 5 heteroatoms. The van der Waals surface area contributed by atoms with E-state index in [1.54, 1.807) is 13.8 Å². The van der Waals surface area contributed by atoms with E-state index in [4.69, 9.17) is 0 Å². The molecule has 0 N–H and O–H groups in total. The zero-order chi connectivity index (χ0) is 11.0. The maximum atomic E-state index is 11.4. The van der Waals surface area contributed by atoms with Crippen molar-refractivity contribution in [3.05, 3.63) is 0 Å². The minimum Gasteiger partial charge on any atom is -0.338 e. The Kier molecular flexibility index (Phi) is 2.65. The first-order valence-corrected chi connectivity index (χ1v) is 5.36. The highest BCUT2D eigenvalue weighted by Gasteiger charge is 2.38. The van der Waals surface area contributed by atoms with E-state index in [1.807, 2.05) is 9.80 Å². The van der Waals surface area contributed by atoms with Crippen molar-refractivity contribution in [1.29, 1.82) is 0 Å². The molecule has 2 fully saturated rings. The molecule has 2 rings (SSSR count). The molecule has 84 valence electrons. The van der Waals surface area contributed by atoms with Gasteiger partial charge >= 0.3 is 0 Å². The molecule has 5 nitrogen and oxygen atoms in total. The van der Waals surface area contributed by atoms with Crippen LogP contribution in [-0.2, 0) is 9.59 Å². The fourth-order valence-corrected chi connectivity index (χ4v) is 2.40. The number of hydrogen-bond donors (Lipinski definition) is 0. The minimum atomic E-state index is 0.102. The molecule has 2 amide bonds. The van der Waals surface area contributed by atoms with E-state index in [2.05, 4.69) is 4.90 Å². The molecule has 0 aromatic carbocycles. The lowest BCUT2D eigenvalue weighted by atomic mass is 10.2. The van der Waals surface area contributed by atoms with Crippen LogP contribution in [0.25, 0.3) is 0 Å². The molecule has 2 saturated heterocycles. The van der Waals surface area contributed by atoms with Gasteiger partial charge < -0.3 is 9.80 Å². The van der Waals surface area contributed by atoms with Crippen LogP contribution < -0.4 is 0 Å². The van der Waals surface area contributed by atoms with Crippen LogP contribution in [0.2, 0.25) is 0 Å². The van der Waals surface area contributed by atoms with Crippen LogP contribution in [0.4, 0.5) is 0 Å². The van der Waals surface area contributed by atoms with Gasteiger partial charge in [0.2, 0.25) is 11.8 Å². The third kappa shape index (κ3) is 1.84. The standard InChI is InChI=1S/C10H17N3O2/c1-8(14)12-4-3-11-5-6-13(9(2)15)10(11)7-12/h10H,3-7H2,1-2H3. The Morgan fingerprint density at radius 3 is 2.27 bits per heavy atom. The summed E-state index contributed by atoms with van der Waals surface area (Å²) in [5.74, 6) is 0.206. The van der Waals surface area contributed by atoms with Crippen molar-refractivity contribution in [1.82, 2.24) is 14.7 Å². The lowest BCUT2D eigenvalue weighted by molar-refractivity contribution is -0.138. The molecule has 0 bridgehead atoms. The van der Waals surface area contributed by atoms with Crippen molar-refractivity contribution >= 4 is 11.8 Å². The van der Waals surface area contributed by atoms with Gasteiger partial charge in [0, 0.05) is 40.0 Å². The van der Waals surface area contributed by atoms with Crippen molar-refractivity contribution < 1.29 is 9.59 Å². The number of carbonyl (C=O) groups is 2. The molecule has 1 atom stereocenters. The Labute approximate surface area is 89.6 Å². The van der Waals surface area contributed by atoms with E-state index in [0.29, 0.717) is 6.54 Å². The van der Waals surface area contributed by atoms with E-state index in [1.165, 1.54) is 0 Å². The Morgan fingerprint density at radius 1 is 1.00 bits per heavy atom. The van der Waals surface area contributed by atoms with Crippen molar-refractivity contribution in [2.24, 2.45) is 0 Å². The van der Waals surface area contributed by atoms with Crippen LogP contribution in [0.3, 0.4) is 0 Å². The topological polar surface area (TPSA) is 43.9 Å². The van der Waals surface area contributed by atoms with Gasteiger partial charge in [-0.1, -0.05) is 0 Å². The number of piperazine rings is 1. The highest BCUT2D eigenvalue weighted by atomic mass is 16.2. The van der Waals surface area contributed by atoms with Gasteiger partial charge in [0.25, 0.3) is 0 Å². The number of carbonyl (C=O) groups excluding carboxylic acids is 2. The average molecular weight is 211 g/mol. The van der Waals surface area contributed by atoms with Crippen LogP contribution in [0.15, 0.2) is 0 Å². The van der Waals surface area contributed by atoms with Crippen LogP contribution >= 0.6 is 0 Å². The number of fused-ring (bicyclic) bond motifs is 1. The predicted molar refractivity (Wildman–Crippen MR) is 55.0 cm³/mol. The summed E-state index contributed by atoms with van der Waals surface area (Å²) < 4.78 is 0. The highest BCUT2D eigenvalue weighted by molar-refractivity contribution is 5.75. The van der Waals surface area contributed by atoms with Crippen molar-refractivity contribution in [3.8, 4) is 0 Å². The van der Waals surface area contributed by atoms with Crippen molar-refractivity contribution in [3.63, 3.8) is 0 Å². The zero-order valence-corrected chi connectivity index (χ0v) is 9.27. The predicted octanol–water partition coefficient (Wildman–Crippen LogP) is -0.661. The molecule has 0 saturated carbocycles. The summed E-state index contributed by atoms with van der Waals surface area (Å²) in [5, 5.41) is 0. The van der Waals surface area contributed by atoms with Gasteiger partial charge in [-0.25, -0.2) is 0 Å². The summed E-state index contributed by atoms with van der Waals surface area (Å²) >= 11 is 0. The first kappa shape index (κ1) is 10.4. The first-order valence-electron chi connectivity index (χ1n) is 5.36. The van der Waals surface area contributed by atoms with E-state index >= 15 is 0 Å². The van der Waals surface area contributed by atoms with Gasteiger partial charge in [0.1, 0.15) is 6.17 Å². The van der Waals surface area contributed by atoms with Gasteiger partial charge in [-0.2, -0.15) is 0 Å². The summed E-state index contributed by atoms with van der Waals surface area (Å²) in [6.07, 6.45) is 0.111. The monoisotopic (exact) mass is 211 g/mol. The summed E-state index contributed by atoms with van der Waals surface area (Å²) in [4.78, 5) is 28.6. The molecule has 2 aliphatic heterocycles. The number of hydrogen-bond acceptors (Lipinski definition) is 3. The molecule has 2 heterocycles. The minimum absolute atomic E-state index is 0.102. The van der Waals surface area contributed by atoms with E-state index in [0.717, 1.165) is 26.2 Å².